The van der Waals surface area contributed by atoms with Gasteiger partial charge in [-0.3, -0.25) is 0 Å². The van der Waals surface area contributed by atoms with E-state index in [9.17, 15) is 4.79 Å². The molecule has 3 N–H and O–H groups in total. The highest BCUT2D eigenvalue weighted by Crippen LogP contribution is 2.20. The summed E-state index contributed by atoms with van der Waals surface area (Å²) in [6, 6.07) is 7.67. The van der Waals surface area contributed by atoms with Gasteiger partial charge in [0.1, 0.15) is 5.60 Å². The lowest BCUT2D eigenvalue weighted by Crippen LogP contribution is -2.35. The average Bonchev–Trinajstić information content (AvgIpc) is 2.27. The molecule has 0 radical (unpaired) electrons. The second-order valence-corrected chi connectivity index (χ2v) is 6.24. The van der Waals surface area contributed by atoms with Gasteiger partial charge in [-0.15, -0.1) is 0 Å². The third-order valence-electron chi connectivity index (χ3n) is 2.42. The molecule has 0 aliphatic carbocycles. The molecule has 0 heterocycles. The van der Waals surface area contributed by atoms with Gasteiger partial charge in [0.25, 0.3) is 0 Å². The van der Waals surface area contributed by atoms with E-state index in [0.717, 1.165) is 10.0 Å². The Morgan fingerprint density at radius 2 is 1.95 bits per heavy atom. The predicted molar refractivity (Wildman–Crippen MR) is 79.9 cm³/mol. The van der Waals surface area contributed by atoms with Gasteiger partial charge >= 0.3 is 6.09 Å². The summed E-state index contributed by atoms with van der Waals surface area (Å²) in [6.07, 6.45) is 0.245. The van der Waals surface area contributed by atoms with Crippen molar-refractivity contribution in [3.05, 3.63) is 34.3 Å². The molecule has 1 rings (SSSR count). The number of hydrogen-bond donors (Lipinski definition) is 2. The Bertz CT molecular complexity index is 412. The maximum absolute atomic E-state index is 11.8. The first-order valence-corrected chi connectivity index (χ1v) is 7.06. The molecule has 106 valence electrons. The Morgan fingerprint density at radius 3 is 2.42 bits per heavy atom. The molecular weight excluding hydrogens is 308 g/mol. The SMILES string of the molecule is CC(C)(C)OC(=O)NC(CCN)c1ccc(Br)cc1. The number of hydrogen-bond acceptors (Lipinski definition) is 3. The fourth-order valence-corrected chi connectivity index (χ4v) is 1.90. The molecule has 1 atom stereocenters. The highest BCUT2D eigenvalue weighted by molar-refractivity contribution is 9.10. The van der Waals surface area contributed by atoms with Crippen LogP contribution in [-0.2, 0) is 4.74 Å². The molecule has 4 nitrogen and oxygen atoms in total. The fourth-order valence-electron chi connectivity index (χ4n) is 1.63. The minimum Gasteiger partial charge on any atom is -0.444 e. The molecule has 0 spiro atoms. The van der Waals surface area contributed by atoms with Gasteiger partial charge in [0, 0.05) is 4.47 Å². The summed E-state index contributed by atoms with van der Waals surface area (Å²) in [5.74, 6) is 0. The molecule has 1 unspecified atom stereocenters. The highest BCUT2D eigenvalue weighted by Gasteiger charge is 2.20. The first-order valence-electron chi connectivity index (χ1n) is 6.27. The van der Waals surface area contributed by atoms with Gasteiger partial charge in [-0.25, -0.2) is 4.79 Å². The Balaban J connectivity index is 2.73. The van der Waals surface area contributed by atoms with E-state index in [-0.39, 0.29) is 6.04 Å². The van der Waals surface area contributed by atoms with Gasteiger partial charge in [0.05, 0.1) is 6.04 Å². The van der Waals surface area contributed by atoms with Crippen LogP contribution in [0.2, 0.25) is 0 Å². The van der Waals surface area contributed by atoms with Crippen molar-refractivity contribution in [3.8, 4) is 0 Å². The van der Waals surface area contributed by atoms with Crippen LogP contribution < -0.4 is 11.1 Å². The number of nitrogens with one attached hydrogen (secondary N) is 1. The second-order valence-electron chi connectivity index (χ2n) is 5.33. The van der Waals surface area contributed by atoms with Crippen LogP contribution in [0.3, 0.4) is 0 Å². The fraction of sp³-hybridized carbons (Fsp3) is 0.500. The lowest BCUT2D eigenvalue weighted by molar-refractivity contribution is 0.0501. The van der Waals surface area contributed by atoms with Crippen LogP contribution in [-0.4, -0.2) is 18.2 Å². The normalized spacial score (nSPS) is 12.9. The van der Waals surface area contributed by atoms with Crippen LogP contribution in [0.15, 0.2) is 28.7 Å². The molecule has 0 saturated heterocycles. The summed E-state index contributed by atoms with van der Waals surface area (Å²) >= 11 is 3.39. The monoisotopic (exact) mass is 328 g/mol. The average molecular weight is 329 g/mol. The first kappa shape index (κ1) is 16.0. The topological polar surface area (TPSA) is 64.3 Å². The van der Waals surface area contributed by atoms with Crippen molar-refractivity contribution in [2.75, 3.05) is 6.54 Å². The quantitative estimate of drug-likeness (QED) is 0.890. The molecule has 1 aromatic carbocycles. The van der Waals surface area contributed by atoms with E-state index in [1.807, 2.05) is 45.0 Å². The minimum absolute atomic E-state index is 0.132. The summed E-state index contributed by atoms with van der Waals surface area (Å²) in [7, 11) is 0. The lowest BCUT2D eigenvalue weighted by atomic mass is 10.0. The number of ether oxygens (including phenoxy) is 1. The first-order chi connectivity index (χ1) is 8.81. The van der Waals surface area contributed by atoms with Crippen molar-refractivity contribution in [2.45, 2.75) is 38.8 Å². The Morgan fingerprint density at radius 1 is 1.37 bits per heavy atom. The van der Waals surface area contributed by atoms with Gasteiger partial charge in [0.15, 0.2) is 0 Å². The predicted octanol–water partition coefficient (Wildman–Crippen LogP) is 3.36. The number of amides is 1. The number of halogens is 1. The van der Waals surface area contributed by atoms with Gasteiger partial charge in [-0.2, -0.15) is 0 Å². The van der Waals surface area contributed by atoms with Gasteiger partial charge in [-0.05, 0) is 51.4 Å². The van der Waals surface area contributed by atoms with Crippen LogP contribution in [0, 0.1) is 0 Å². The number of carbonyl (C=O) groups excluding carboxylic acids is 1. The van der Waals surface area contributed by atoms with Gasteiger partial charge in [-0.1, -0.05) is 28.1 Å². The standard InChI is InChI=1S/C14H21BrN2O2/c1-14(2,3)19-13(18)17-12(8-9-16)10-4-6-11(15)7-5-10/h4-7,12H,8-9,16H2,1-3H3,(H,17,18). The Labute approximate surface area is 122 Å². The number of alkyl carbamates (subject to hydrolysis) is 1. The van der Waals surface area contributed by atoms with Crippen LogP contribution >= 0.6 is 15.9 Å². The molecule has 0 bridgehead atoms. The molecule has 0 aliphatic heterocycles. The van der Waals surface area contributed by atoms with Crippen LogP contribution in [0.1, 0.15) is 38.8 Å². The number of carbonyl (C=O) groups is 1. The third kappa shape index (κ3) is 6.07. The summed E-state index contributed by atoms with van der Waals surface area (Å²) in [5.41, 5.74) is 6.11. The molecule has 0 saturated carbocycles. The lowest BCUT2D eigenvalue weighted by Gasteiger charge is -2.23. The van der Waals surface area contributed by atoms with E-state index in [4.69, 9.17) is 10.5 Å². The van der Waals surface area contributed by atoms with Crippen LogP contribution in [0.25, 0.3) is 0 Å². The maximum Gasteiger partial charge on any atom is 0.408 e. The van der Waals surface area contributed by atoms with E-state index in [0.29, 0.717) is 13.0 Å². The highest BCUT2D eigenvalue weighted by atomic mass is 79.9. The summed E-state index contributed by atoms with van der Waals surface area (Å²) in [4.78, 5) is 11.8. The van der Waals surface area contributed by atoms with Crippen LogP contribution in [0.4, 0.5) is 4.79 Å². The second kappa shape index (κ2) is 6.91. The smallest absolute Gasteiger partial charge is 0.408 e. The van der Waals surface area contributed by atoms with E-state index in [1.54, 1.807) is 0 Å². The molecular formula is C14H21BrN2O2. The number of rotatable bonds is 4. The number of nitrogens with two attached hydrogens (primary N) is 1. The zero-order valence-corrected chi connectivity index (χ0v) is 13.2. The molecule has 0 aromatic heterocycles. The van der Waals surface area contributed by atoms with E-state index >= 15 is 0 Å². The van der Waals surface area contributed by atoms with Gasteiger partial charge in [0.2, 0.25) is 0 Å². The van der Waals surface area contributed by atoms with E-state index in [1.165, 1.54) is 0 Å². The van der Waals surface area contributed by atoms with Crippen molar-refractivity contribution >= 4 is 22.0 Å². The summed E-state index contributed by atoms with van der Waals surface area (Å²) < 4.78 is 6.26. The maximum atomic E-state index is 11.8. The third-order valence-corrected chi connectivity index (χ3v) is 2.95. The van der Waals surface area contributed by atoms with Crippen molar-refractivity contribution in [1.29, 1.82) is 0 Å². The largest absolute Gasteiger partial charge is 0.444 e. The zero-order chi connectivity index (χ0) is 14.5. The molecule has 5 heteroatoms. The molecule has 1 amide bonds. The van der Waals surface area contributed by atoms with Crippen molar-refractivity contribution < 1.29 is 9.53 Å². The molecule has 19 heavy (non-hydrogen) atoms. The zero-order valence-electron chi connectivity index (χ0n) is 11.6. The Kier molecular flexibility index (Phi) is 5.82. The number of benzene rings is 1. The van der Waals surface area contributed by atoms with Crippen molar-refractivity contribution in [1.82, 2.24) is 5.32 Å². The summed E-state index contributed by atoms with van der Waals surface area (Å²) in [5, 5.41) is 2.85. The molecule has 0 fully saturated rings. The minimum atomic E-state index is -0.503. The Hall–Kier alpha value is -1.07. The van der Waals surface area contributed by atoms with Crippen LogP contribution in [0.5, 0.6) is 0 Å². The van der Waals surface area contributed by atoms with Crippen molar-refractivity contribution in [2.24, 2.45) is 5.73 Å². The van der Waals surface area contributed by atoms with Crippen molar-refractivity contribution in [3.63, 3.8) is 0 Å². The van der Waals surface area contributed by atoms with E-state index in [2.05, 4.69) is 21.2 Å². The van der Waals surface area contributed by atoms with E-state index < -0.39 is 11.7 Å². The summed E-state index contributed by atoms with van der Waals surface area (Å²) in [6.45, 7) is 6.01. The molecule has 1 aromatic rings. The molecule has 0 aliphatic rings. The van der Waals surface area contributed by atoms with Gasteiger partial charge < -0.3 is 15.8 Å².